The van der Waals surface area contributed by atoms with Crippen molar-refractivity contribution in [3.05, 3.63) is 12.7 Å². The van der Waals surface area contributed by atoms with Crippen LogP contribution in [0.15, 0.2) is 12.7 Å². The van der Waals surface area contributed by atoms with Crippen molar-refractivity contribution in [1.82, 2.24) is 0 Å². The number of hydrogen-bond donors (Lipinski definition) is 1. The van der Waals surface area contributed by atoms with E-state index >= 15 is 0 Å². The molecule has 0 aromatic carbocycles. The zero-order valence-electron chi connectivity index (χ0n) is 8.91. The summed E-state index contributed by atoms with van der Waals surface area (Å²) < 4.78 is 0. The van der Waals surface area contributed by atoms with E-state index in [1.54, 1.807) is 6.08 Å². The molecule has 0 saturated carbocycles. The van der Waals surface area contributed by atoms with Crippen LogP contribution in [0.2, 0.25) is 0 Å². The van der Waals surface area contributed by atoms with Crippen LogP contribution in [-0.2, 0) is 0 Å². The minimum absolute atomic E-state index is 1.25. The van der Waals surface area contributed by atoms with Crippen LogP contribution in [0, 0.1) is 5.41 Å². The van der Waals surface area contributed by atoms with Gasteiger partial charge in [0, 0.05) is 0 Å². The molecule has 0 spiro atoms. The molecule has 0 aromatic rings. The lowest BCUT2D eigenvalue weighted by Crippen LogP contribution is -1.27. The SMILES string of the molecule is C=CC.C=N.CCC.CCC. The maximum Gasteiger partial charge on any atom is -0.0187 e. The normalized spacial score (nSPS) is 4.82. The third-order valence-electron chi connectivity index (χ3n) is 0. The smallest absolute Gasteiger partial charge is 0.0187 e. The summed E-state index contributed by atoms with van der Waals surface area (Å²) in [5.74, 6) is 0. The van der Waals surface area contributed by atoms with Crippen molar-refractivity contribution in [1.29, 1.82) is 5.41 Å². The van der Waals surface area contributed by atoms with Gasteiger partial charge in [-0.25, -0.2) is 0 Å². The van der Waals surface area contributed by atoms with E-state index in [4.69, 9.17) is 5.41 Å². The predicted molar refractivity (Wildman–Crippen MR) is 57.6 cm³/mol. The molecule has 1 N–H and O–H groups in total. The van der Waals surface area contributed by atoms with Crippen molar-refractivity contribution in [3.8, 4) is 0 Å². The summed E-state index contributed by atoms with van der Waals surface area (Å²) in [6.07, 6.45) is 4.25. The van der Waals surface area contributed by atoms with Crippen LogP contribution in [0.1, 0.15) is 47.5 Å². The molecule has 0 aliphatic heterocycles. The monoisotopic (exact) mass is 159 g/mol. The van der Waals surface area contributed by atoms with E-state index in [9.17, 15) is 0 Å². The number of rotatable bonds is 0. The summed E-state index contributed by atoms with van der Waals surface area (Å²) in [6.45, 7) is 16.2. The molecule has 0 aliphatic carbocycles. The zero-order valence-corrected chi connectivity index (χ0v) is 8.91. The average Bonchev–Trinajstić information content (AvgIpc) is 1.96. The minimum atomic E-state index is 1.25. The summed E-state index contributed by atoms with van der Waals surface area (Å²) >= 11 is 0. The molecular weight excluding hydrogens is 134 g/mol. The van der Waals surface area contributed by atoms with E-state index in [1.807, 2.05) is 6.92 Å². The summed E-state index contributed by atoms with van der Waals surface area (Å²) in [4.78, 5) is 0. The number of hydrogen-bond acceptors (Lipinski definition) is 1. The Morgan fingerprint density at radius 2 is 1.00 bits per heavy atom. The van der Waals surface area contributed by atoms with Gasteiger partial charge in [0.05, 0.1) is 0 Å². The van der Waals surface area contributed by atoms with Crippen LogP contribution in [0.25, 0.3) is 0 Å². The van der Waals surface area contributed by atoms with Crippen LogP contribution in [0.3, 0.4) is 0 Å². The Hall–Kier alpha value is -0.590. The minimum Gasteiger partial charge on any atom is -0.317 e. The second kappa shape index (κ2) is 115. The van der Waals surface area contributed by atoms with Gasteiger partial charge in [0.25, 0.3) is 0 Å². The Labute approximate surface area is 73.0 Å². The van der Waals surface area contributed by atoms with Gasteiger partial charge in [0.2, 0.25) is 0 Å². The van der Waals surface area contributed by atoms with E-state index in [-0.39, 0.29) is 0 Å². The second-order valence-electron chi connectivity index (χ2n) is 1.82. The molecule has 0 heterocycles. The van der Waals surface area contributed by atoms with Gasteiger partial charge in [-0.15, -0.1) is 6.58 Å². The molecule has 0 unspecified atom stereocenters. The van der Waals surface area contributed by atoms with Gasteiger partial charge in [0.1, 0.15) is 0 Å². The van der Waals surface area contributed by atoms with Crippen LogP contribution in [-0.4, -0.2) is 6.72 Å². The highest BCUT2D eigenvalue weighted by molar-refractivity contribution is 5.15. The maximum absolute atomic E-state index is 5.50. The molecule has 0 aromatic heterocycles. The van der Waals surface area contributed by atoms with Crippen molar-refractivity contribution in [2.75, 3.05) is 0 Å². The molecule has 70 valence electrons. The van der Waals surface area contributed by atoms with E-state index < -0.39 is 0 Å². The Morgan fingerprint density at radius 1 is 1.00 bits per heavy atom. The predicted octanol–water partition coefficient (Wildman–Crippen LogP) is 4.29. The van der Waals surface area contributed by atoms with Gasteiger partial charge in [0.15, 0.2) is 0 Å². The Kier molecular flexibility index (Phi) is 234. The van der Waals surface area contributed by atoms with Gasteiger partial charge in [-0.2, -0.15) is 0 Å². The summed E-state index contributed by atoms with van der Waals surface area (Å²) in [5, 5.41) is 5.50. The van der Waals surface area contributed by atoms with Gasteiger partial charge >= 0.3 is 0 Å². The Morgan fingerprint density at radius 3 is 1.00 bits per heavy atom. The molecule has 1 nitrogen and oxygen atoms in total. The van der Waals surface area contributed by atoms with Crippen molar-refractivity contribution >= 4 is 6.72 Å². The molecule has 0 rings (SSSR count). The summed E-state index contributed by atoms with van der Waals surface area (Å²) in [6, 6.07) is 0. The van der Waals surface area contributed by atoms with Gasteiger partial charge < -0.3 is 5.41 Å². The van der Waals surface area contributed by atoms with Gasteiger partial charge in [-0.3, -0.25) is 0 Å². The van der Waals surface area contributed by atoms with Crippen molar-refractivity contribution in [2.45, 2.75) is 47.5 Å². The van der Waals surface area contributed by atoms with E-state index in [0.29, 0.717) is 0 Å². The maximum atomic E-state index is 5.50. The van der Waals surface area contributed by atoms with Crippen molar-refractivity contribution in [3.63, 3.8) is 0 Å². The highest BCUT2D eigenvalue weighted by Crippen LogP contribution is 1.56. The fourth-order valence-electron chi connectivity index (χ4n) is 0. The van der Waals surface area contributed by atoms with E-state index in [2.05, 4.69) is 41.0 Å². The van der Waals surface area contributed by atoms with Crippen LogP contribution < -0.4 is 0 Å². The molecule has 0 amide bonds. The Balaban J connectivity index is -0.0000000301. The number of allylic oxidation sites excluding steroid dienone is 1. The second-order valence-corrected chi connectivity index (χ2v) is 1.82. The summed E-state index contributed by atoms with van der Waals surface area (Å²) in [5.41, 5.74) is 0. The molecular formula is C10H25N. The third-order valence-corrected chi connectivity index (χ3v) is 0. The number of nitrogens with one attached hydrogen (secondary N) is 1. The fourth-order valence-corrected chi connectivity index (χ4v) is 0. The molecule has 1 heteroatoms. The lowest BCUT2D eigenvalue weighted by Gasteiger charge is -1.48. The van der Waals surface area contributed by atoms with E-state index in [1.165, 1.54) is 12.8 Å². The Bertz CT molecular complexity index is 31.9. The lowest BCUT2D eigenvalue weighted by molar-refractivity contribution is 1.09. The highest BCUT2D eigenvalue weighted by Gasteiger charge is 1.36. The van der Waals surface area contributed by atoms with Crippen LogP contribution in [0.4, 0.5) is 0 Å². The third kappa shape index (κ3) is 1480. The first-order valence-electron chi connectivity index (χ1n) is 4.17. The van der Waals surface area contributed by atoms with Crippen LogP contribution in [0.5, 0.6) is 0 Å². The molecule has 0 saturated heterocycles. The molecule has 0 atom stereocenters. The van der Waals surface area contributed by atoms with E-state index in [0.717, 1.165) is 0 Å². The molecule has 0 bridgehead atoms. The molecule has 0 aliphatic rings. The van der Waals surface area contributed by atoms with Crippen molar-refractivity contribution in [2.24, 2.45) is 0 Å². The zero-order chi connectivity index (χ0) is 10.1. The topological polar surface area (TPSA) is 23.9 Å². The first-order chi connectivity index (χ1) is 5.24. The molecule has 0 radical (unpaired) electrons. The lowest BCUT2D eigenvalue weighted by atomic mass is 10.6. The standard InChI is InChI=1S/2C3H8.C3H6.CH3N/c3*1-3-2;1-2/h2*3H2,1-2H3;3H,1H2,2H3;2H,1H2. The molecule has 0 fully saturated rings. The van der Waals surface area contributed by atoms with Crippen LogP contribution >= 0.6 is 0 Å². The van der Waals surface area contributed by atoms with Crippen molar-refractivity contribution < 1.29 is 0 Å². The molecule has 11 heavy (non-hydrogen) atoms. The fraction of sp³-hybridized carbons (Fsp3) is 0.700. The first-order valence-corrected chi connectivity index (χ1v) is 4.17. The highest BCUT2D eigenvalue weighted by atomic mass is 14.2. The largest absolute Gasteiger partial charge is 0.317 e. The van der Waals surface area contributed by atoms with Gasteiger partial charge in [-0.1, -0.05) is 46.6 Å². The first kappa shape index (κ1) is 22.4. The van der Waals surface area contributed by atoms with Gasteiger partial charge in [-0.05, 0) is 13.6 Å². The quantitative estimate of drug-likeness (QED) is 0.403. The average molecular weight is 159 g/mol. The summed E-state index contributed by atoms with van der Waals surface area (Å²) in [7, 11) is 0.